The number of nitrogens with zero attached hydrogens (tertiary/aromatic N) is 5. The molecule has 3 heterocycles. The fourth-order valence-electron chi connectivity index (χ4n) is 4.37. The van der Waals surface area contributed by atoms with Crippen molar-refractivity contribution < 1.29 is 14.4 Å². The van der Waals surface area contributed by atoms with Crippen molar-refractivity contribution in [2.24, 2.45) is 4.99 Å². The Bertz CT molecular complexity index is 991. The van der Waals surface area contributed by atoms with E-state index >= 15 is 0 Å². The second-order valence-electron chi connectivity index (χ2n) is 8.03. The summed E-state index contributed by atoms with van der Waals surface area (Å²) in [6.45, 7) is 9.19. The Balaban J connectivity index is 1.79. The van der Waals surface area contributed by atoms with Gasteiger partial charge >= 0.3 is 6.03 Å². The maximum absolute atomic E-state index is 13.2. The Labute approximate surface area is 170 Å². The zero-order chi connectivity index (χ0) is 21.2. The van der Waals surface area contributed by atoms with Gasteiger partial charge in [0.25, 0.3) is 5.91 Å². The molecule has 1 aromatic carbocycles. The molecule has 1 saturated heterocycles. The number of amides is 3. The van der Waals surface area contributed by atoms with Crippen LogP contribution < -0.4 is 4.90 Å². The van der Waals surface area contributed by atoms with Gasteiger partial charge < -0.3 is 4.90 Å². The number of anilines is 1. The second-order valence-corrected chi connectivity index (χ2v) is 8.03. The van der Waals surface area contributed by atoms with E-state index in [0.29, 0.717) is 5.96 Å². The molecule has 3 aliphatic rings. The lowest BCUT2D eigenvalue weighted by Crippen LogP contribution is -2.65. The van der Waals surface area contributed by atoms with Gasteiger partial charge in [0.05, 0.1) is 6.54 Å². The number of Topliss-reactive ketones (excluding diaryl/α,β-unsaturated/α-hetero) is 1. The molecule has 152 valence electrons. The van der Waals surface area contributed by atoms with Crippen molar-refractivity contribution in [1.82, 2.24) is 14.7 Å². The molecule has 0 bridgehead atoms. The molecule has 2 unspecified atom stereocenters. The van der Waals surface area contributed by atoms with Gasteiger partial charge in [0.2, 0.25) is 5.96 Å². The van der Waals surface area contributed by atoms with E-state index in [1.165, 1.54) is 11.8 Å². The lowest BCUT2D eigenvalue weighted by atomic mass is 10.1. The van der Waals surface area contributed by atoms with Crippen molar-refractivity contribution in [1.29, 1.82) is 0 Å². The summed E-state index contributed by atoms with van der Waals surface area (Å²) in [4.78, 5) is 48.7. The van der Waals surface area contributed by atoms with Crippen molar-refractivity contribution in [2.75, 3.05) is 18.5 Å². The number of carbonyl (C=O) groups is 3. The molecular formula is C21H25N5O3. The Morgan fingerprint density at radius 2 is 1.66 bits per heavy atom. The molecule has 0 N–H and O–H groups in total. The van der Waals surface area contributed by atoms with Crippen molar-refractivity contribution in [2.45, 2.75) is 46.8 Å². The van der Waals surface area contributed by atoms with E-state index in [-0.39, 0.29) is 18.2 Å². The molecule has 0 saturated carbocycles. The van der Waals surface area contributed by atoms with E-state index in [0.717, 1.165) is 33.1 Å². The van der Waals surface area contributed by atoms with Crippen LogP contribution in [0.2, 0.25) is 0 Å². The molecule has 0 aliphatic carbocycles. The molecule has 3 aliphatic heterocycles. The number of aliphatic imine (C=N–C) groups is 1. The number of rotatable bonds is 3. The number of likely N-dealkylation sites (N-methyl/N-ethyl adjacent to an activating group) is 1. The highest BCUT2D eigenvalue weighted by Gasteiger charge is 2.56. The zero-order valence-electron chi connectivity index (χ0n) is 17.6. The summed E-state index contributed by atoms with van der Waals surface area (Å²) in [5.41, 5.74) is 5.14. The van der Waals surface area contributed by atoms with E-state index in [1.807, 2.05) is 37.5 Å². The Morgan fingerprint density at radius 1 is 1.03 bits per heavy atom. The predicted octanol–water partition coefficient (Wildman–Crippen LogP) is 2.22. The largest absolute Gasteiger partial charge is 0.328 e. The van der Waals surface area contributed by atoms with E-state index in [4.69, 9.17) is 4.99 Å². The molecule has 2 atom stereocenters. The zero-order valence-corrected chi connectivity index (χ0v) is 17.6. The second kappa shape index (κ2) is 6.43. The highest BCUT2D eigenvalue weighted by atomic mass is 16.2. The number of benzene rings is 1. The molecule has 0 spiro atoms. The summed E-state index contributed by atoms with van der Waals surface area (Å²) in [6, 6.07) is 5.11. The number of carbonyl (C=O) groups excluding carboxylic acids is 3. The number of urea groups is 1. The highest BCUT2D eigenvalue weighted by Crippen LogP contribution is 2.40. The number of aryl methyl sites for hydroxylation is 2. The third-order valence-corrected chi connectivity index (χ3v) is 5.74. The molecule has 1 fully saturated rings. The Hall–Kier alpha value is -3.16. The van der Waals surface area contributed by atoms with Gasteiger partial charge in [0.1, 0.15) is 5.78 Å². The van der Waals surface area contributed by atoms with Gasteiger partial charge in [-0.1, -0.05) is 6.07 Å². The number of allylic oxidation sites excluding steroid dienone is 2. The van der Waals surface area contributed by atoms with Gasteiger partial charge in [-0.2, -0.15) is 0 Å². The number of guanidine groups is 1. The van der Waals surface area contributed by atoms with E-state index in [2.05, 4.69) is 18.2 Å². The summed E-state index contributed by atoms with van der Waals surface area (Å²) in [5, 5.41) is 0. The van der Waals surface area contributed by atoms with Gasteiger partial charge in [0, 0.05) is 24.1 Å². The smallest absolute Gasteiger partial charge is 0.302 e. The lowest BCUT2D eigenvalue weighted by molar-refractivity contribution is -0.139. The average molecular weight is 395 g/mol. The summed E-state index contributed by atoms with van der Waals surface area (Å²) < 4.78 is 0. The predicted molar refractivity (Wildman–Crippen MR) is 109 cm³/mol. The molecule has 0 aromatic heterocycles. The molecule has 0 radical (unpaired) electrons. The minimum atomic E-state index is -0.669. The summed E-state index contributed by atoms with van der Waals surface area (Å²) in [6.07, 6.45) is -0.621. The monoisotopic (exact) mass is 395 g/mol. The summed E-state index contributed by atoms with van der Waals surface area (Å²) in [5.74, 6) is 0.0126. The van der Waals surface area contributed by atoms with Crippen molar-refractivity contribution >= 4 is 29.4 Å². The topological polar surface area (TPSA) is 76.5 Å². The Kier molecular flexibility index (Phi) is 4.25. The summed E-state index contributed by atoms with van der Waals surface area (Å²) in [7, 11) is 1.62. The molecular weight excluding hydrogens is 370 g/mol. The maximum Gasteiger partial charge on any atom is 0.328 e. The maximum atomic E-state index is 13.2. The summed E-state index contributed by atoms with van der Waals surface area (Å²) >= 11 is 0. The van der Waals surface area contributed by atoms with Gasteiger partial charge in [-0.05, 0) is 57.9 Å². The number of ketones is 1. The van der Waals surface area contributed by atoms with Gasteiger partial charge in [-0.25, -0.2) is 9.79 Å². The molecule has 8 heteroatoms. The van der Waals surface area contributed by atoms with Crippen LogP contribution in [-0.4, -0.2) is 64.2 Å². The number of imide groups is 1. The van der Waals surface area contributed by atoms with Crippen LogP contribution in [0.4, 0.5) is 10.5 Å². The van der Waals surface area contributed by atoms with Crippen LogP contribution in [0.25, 0.3) is 0 Å². The van der Waals surface area contributed by atoms with Gasteiger partial charge in [-0.15, -0.1) is 0 Å². The first-order valence-electron chi connectivity index (χ1n) is 9.62. The van der Waals surface area contributed by atoms with E-state index < -0.39 is 18.2 Å². The van der Waals surface area contributed by atoms with Crippen molar-refractivity contribution in [3.63, 3.8) is 0 Å². The van der Waals surface area contributed by atoms with Gasteiger partial charge in [0.15, 0.2) is 12.2 Å². The standard InChI is InChI=1S/C21H25N5O3/c1-11-7-12(2)9-16(8-11)25-14(4)15(5)26-17-18(22-20(25)26)23(6)21(29)24(19(17)28)10-13(3)27/h7-9,17-18H,10H2,1-6H3. The fraction of sp³-hybridized carbons (Fsp3) is 0.429. The van der Waals surface area contributed by atoms with Crippen LogP contribution in [0, 0.1) is 13.8 Å². The van der Waals surface area contributed by atoms with E-state index in [1.54, 1.807) is 7.05 Å². The number of hydrogen-bond donors (Lipinski definition) is 0. The van der Waals surface area contributed by atoms with Crippen LogP contribution in [-0.2, 0) is 9.59 Å². The minimum Gasteiger partial charge on any atom is -0.302 e. The lowest BCUT2D eigenvalue weighted by Gasteiger charge is -2.40. The normalized spacial score (nSPS) is 23.7. The first-order chi connectivity index (χ1) is 13.6. The molecule has 4 rings (SSSR count). The number of fused-ring (bicyclic) bond motifs is 3. The van der Waals surface area contributed by atoms with Crippen LogP contribution in [0.3, 0.4) is 0 Å². The van der Waals surface area contributed by atoms with Gasteiger partial charge in [-0.3, -0.25) is 24.3 Å². The van der Waals surface area contributed by atoms with Crippen LogP contribution in [0.15, 0.2) is 34.6 Å². The molecule has 3 amide bonds. The molecule has 8 nitrogen and oxygen atoms in total. The fourth-order valence-corrected chi connectivity index (χ4v) is 4.37. The first kappa shape index (κ1) is 19.2. The van der Waals surface area contributed by atoms with Crippen molar-refractivity contribution in [3.8, 4) is 0 Å². The molecule has 1 aromatic rings. The van der Waals surface area contributed by atoms with Crippen LogP contribution >= 0.6 is 0 Å². The number of hydrogen-bond acceptors (Lipinski definition) is 6. The Morgan fingerprint density at radius 3 is 2.24 bits per heavy atom. The average Bonchev–Trinajstić information content (AvgIpc) is 3.12. The third-order valence-electron chi connectivity index (χ3n) is 5.74. The van der Waals surface area contributed by atoms with Crippen molar-refractivity contribution in [3.05, 3.63) is 40.7 Å². The quantitative estimate of drug-likeness (QED) is 0.784. The SMILES string of the molecule is CC(=O)CN1C(=O)C2C(N=C3N(c4cc(C)cc(C)c4)C(C)=C(C)N32)N(C)C1=O. The molecule has 29 heavy (non-hydrogen) atoms. The van der Waals surface area contributed by atoms with Crippen LogP contribution in [0.1, 0.15) is 31.9 Å². The third kappa shape index (κ3) is 2.73. The van der Waals surface area contributed by atoms with Crippen LogP contribution in [0.5, 0.6) is 0 Å². The highest BCUT2D eigenvalue weighted by molar-refractivity contribution is 6.11. The van der Waals surface area contributed by atoms with E-state index in [9.17, 15) is 14.4 Å². The minimum absolute atomic E-state index is 0.225. The first-order valence-corrected chi connectivity index (χ1v) is 9.62.